The largest absolute Gasteiger partial charge is 0.495 e. The zero-order valence-corrected chi connectivity index (χ0v) is 15.6. The zero-order chi connectivity index (χ0) is 19.3. The van der Waals surface area contributed by atoms with E-state index in [2.05, 4.69) is 5.32 Å². The molecule has 0 unspecified atom stereocenters. The van der Waals surface area contributed by atoms with E-state index in [0.717, 1.165) is 22.0 Å². The van der Waals surface area contributed by atoms with E-state index >= 15 is 0 Å². The van der Waals surface area contributed by atoms with Crippen molar-refractivity contribution in [3.63, 3.8) is 0 Å². The van der Waals surface area contributed by atoms with Crippen molar-refractivity contribution in [3.05, 3.63) is 53.8 Å². The Hall–Kier alpha value is -2.45. The average molecular weight is 380 g/mol. The first-order chi connectivity index (χ1) is 12.3. The van der Waals surface area contributed by atoms with E-state index in [4.69, 9.17) is 4.74 Å². The molecule has 0 aliphatic carbocycles. The number of halogens is 1. The van der Waals surface area contributed by atoms with Crippen LogP contribution in [0.25, 0.3) is 0 Å². The number of carbonyl (C=O) groups is 1. The molecule has 0 spiro atoms. The van der Waals surface area contributed by atoms with Gasteiger partial charge in [-0.25, -0.2) is 12.8 Å². The minimum atomic E-state index is -4.10. The van der Waals surface area contributed by atoms with Gasteiger partial charge in [-0.2, -0.15) is 4.31 Å². The molecular formula is C18H21FN2O4S. The number of nitrogens with one attached hydrogen (secondary N) is 1. The van der Waals surface area contributed by atoms with Gasteiger partial charge in [-0.05, 0) is 42.8 Å². The van der Waals surface area contributed by atoms with Crippen LogP contribution in [-0.4, -0.2) is 38.8 Å². The monoisotopic (exact) mass is 380 g/mol. The van der Waals surface area contributed by atoms with Crippen LogP contribution in [0.1, 0.15) is 12.5 Å². The summed E-state index contributed by atoms with van der Waals surface area (Å²) in [4.78, 5) is 12.0. The first-order valence-corrected chi connectivity index (χ1v) is 9.42. The van der Waals surface area contributed by atoms with Gasteiger partial charge < -0.3 is 10.1 Å². The summed E-state index contributed by atoms with van der Waals surface area (Å²) in [5.41, 5.74) is 1.54. The fourth-order valence-electron chi connectivity index (χ4n) is 2.44. The number of sulfonamides is 1. The molecule has 6 nitrogen and oxygen atoms in total. The van der Waals surface area contributed by atoms with Crippen molar-refractivity contribution < 1.29 is 22.3 Å². The molecule has 0 saturated heterocycles. The van der Waals surface area contributed by atoms with Crippen LogP contribution >= 0.6 is 0 Å². The van der Waals surface area contributed by atoms with E-state index in [1.165, 1.54) is 13.2 Å². The summed E-state index contributed by atoms with van der Waals surface area (Å²) in [6, 6.07) is 10.4. The second-order valence-corrected chi connectivity index (χ2v) is 7.55. The summed E-state index contributed by atoms with van der Waals surface area (Å²) in [7, 11) is -2.81. The molecule has 0 radical (unpaired) electrons. The summed E-state index contributed by atoms with van der Waals surface area (Å²) in [6.07, 6.45) is 0. The van der Waals surface area contributed by atoms with E-state index < -0.39 is 28.3 Å². The van der Waals surface area contributed by atoms with E-state index in [-0.39, 0.29) is 17.2 Å². The van der Waals surface area contributed by atoms with Crippen LogP contribution in [0.5, 0.6) is 5.75 Å². The van der Waals surface area contributed by atoms with Gasteiger partial charge in [0.05, 0.1) is 13.7 Å². The van der Waals surface area contributed by atoms with E-state index in [9.17, 15) is 17.6 Å². The SMILES string of the molecule is CCN(CC(=O)Nc1cccc(C)c1)S(=O)(=O)c1cc(F)ccc1OC. The lowest BCUT2D eigenvalue weighted by Gasteiger charge is -2.21. The van der Waals surface area contributed by atoms with E-state index in [0.29, 0.717) is 5.69 Å². The topological polar surface area (TPSA) is 75.7 Å². The number of amides is 1. The Morgan fingerprint density at radius 3 is 2.58 bits per heavy atom. The molecule has 2 rings (SSSR count). The first-order valence-electron chi connectivity index (χ1n) is 7.98. The Bertz CT molecular complexity index is 900. The summed E-state index contributed by atoms with van der Waals surface area (Å²) < 4.78 is 45.2. The molecular weight excluding hydrogens is 359 g/mol. The molecule has 26 heavy (non-hydrogen) atoms. The van der Waals surface area contributed by atoms with Crippen LogP contribution in [0.4, 0.5) is 10.1 Å². The van der Waals surface area contributed by atoms with Crippen molar-refractivity contribution in [2.24, 2.45) is 0 Å². The van der Waals surface area contributed by atoms with Gasteiger partial charge in [0.25, 0.3) is 0 Å². The maximum absolute atomic E-state index is 13.6. The van der Waals surface area contributed by atoms with E-state index in [1.807, 2.05) is 13.0 Å². The number of likely N-dealkylation sites (N-methyl/N-ethyl adjacent to an activating group) is 1. The molecule has 2 aromatic rings. The highest BCUT2D eigenvalue weighted by Crippen LogP contribution is 2.27. The fraction of sp³-hybridized carbons (Fsp3) is 0.278. The number of methoxy groups -OCH3 is 1. The highest BCUT2D eigenvalue weighted by molar-refractivity contribution is 7.89. The molecule has 0 heterocycles. The normalized spacial score (nSPS) is 11.4. The van der Waals surface area contributed by atoms with Gasteiger partial charge in [0.2, 0.25) is 15.9 Å². The lowest BCUT2D eigenvalue weighted by Crippen LogP contribution is -2.38. The third kappa shape index (κ3) is 4.59. The molecule has 0 fully saturated rings. The molecule has 0 saturated carbocycles. The molecule has 0 aliphatic heterocycles. The van der Waals surface area contributed by atoms with Gasteiger partial charge in [-0.3, -0.25) is 4.79 Å². The number of ether oxygens (including phenoxy) is 1. The highest BCUT2D eigenvalue weighted by Gasteiger charge is 2.29. The van der Waals surface area contributed by atoms with Crippen molar-refractivity contribution in [2.75, 3.05) is 25.5 Å². The second kappa shape index (κ2) is 8.29. The molecule has 0 atom stereocenters. The molecule has 0 aliphatic rings. The number of hydrogen-bond donors (Lipinski definition) is 1. The molecule has 8 heteroatoms. The quantitative estimate of drug-likeness (QED) is 0.801. The van der Waals surface area contributed by atoms with Crippen molar-refractivity contribution >= 4 is 21.6 Å². The third-order valence-electron chi connectivity index (χ3n) is 3.72. The second-order valence-electron chi connectivity index (χ2n) is 5.64. The van der Waals surface area contributed by atoms with Gasteiger partial charge >= 0.3 is 0 Å². The van der Waals surface area contributed by atoms with Crippen LogP contribution in [0, 0.1) is 12.7 Å². The Labute approximate surface area is 152 Å². The van der Waals surface area contributed by atoms with Crippen LogP contribution in [0.2, 0.25) is 0 Å². The van der Waals surface area contributed by atoms with Crippen molar-refractivity contribution in [2.45, 2.75) is 18.7 Å². The summed E-state index contributed by atoms with van der Waals surface area (Å²) >= 11 is 0. The predicted octanol–water partition coefficient (Wildman–Crippen LogP) is 2.79. The Morgan fingerprint density at radius 1 is 1.23 bits per heavy atom. The van der Waals surface area contributed by atoms with Crippen LogP contribution in [-0.2, 0) is 14.8 Å². The number of rotatable bonds is 7. The molecule has 1 N–H and O–H groups in total. The predicted molar refractivity (Wildman–Crippen MR) is 97.2 cm³/mol. The standard InChI is InChI=1S/C18H21FN2O4S/c1-4-21(12-18(22)20-15-7-5-6-13(2)10-15)26(23,24)17-11-14(19)8-9-16(17)25-3/h5-11H,4,12H2,1-3H3,(H,20,22). The van der Waals surface area contributed by atoms with Gasteiger partial charge in [-0.1, -0.05) is 19.1 Å². The minimum absolute atomic E-state index is 0.0175. The Kier molecular flexibility index (Phi) is 6.33. The highest BCUT2D eigenvalue weighted by atomic mass is 32.2. The Balaban J connectivity index is 2.24. The maximum Gasteiger partial charge on any atom is 0.247 e. The van der Waals surface area contributed by atoms with Crippen molar-refractivity contribution in [1.29, 1.82) is 0 Å². The number of benzene rings is 2. The van der Waals surface area contributed by atoms with Crippen molar-refractivity contribution in [1.82, 2.24) is 4.31 Å². The van der Waals surface area contributed by atoms with Crippen LogP contribution in [0.3, 0.4) is 0 Å². The Morgan fingerprint density at radius 2 is 1.96 bits per heavy atom. The van der Waals surface area contributed by atoms with E-state index in [1.54, 1.807) is 25.1 Å². The van der Waals surface area contributed by atoms with Gasteiger partial charge in [0.1, 0.15) is 16.5 Å². The summed E-state index contributed by atoms with van der Waals surface area (Å²) in [5, 5.41) is 2.66. The van der Waals surface area contributed by atoms with Gasteiger partial charge in [0, 0.05) is 12.2 Å². The average Bonchev–Trinajstić information content (AvgIpc) is 2.59. The lowest BCUT2D eigenvalue weighted by molar-refractivity contribution is -0.116. The summed E-state index contributed by atoms with van der Waals surface area (Å²) in [6.45, 7) is 3.13. The number of aryl methyl sites for hydroxylation is 1. The lowest BCUT2D eigenvalue weighted by atomic mass is 10.2. The molecule has 0 bridgehead atoms. The van der Waals surface area contributed by atoms with Crippen molar-refractivity contribution in [3.8, 4) is 5.75 Å². The van der Waals surface area contributed by atoms with Crippen LogP contribution in [0.15, 0.2) is 47.4 Å². The molecule has 140 valence electrons. The third-order valence-corrected chi connectivity index (χ3v) is 5.66. The summed E-state index contributed by atoms with van der Waals surface area (Å²) in [5.74, 6) is -1.18. The number of hydrogen-bond acceptors (Lipinski definition) is 4. The number of carbonyl (C=O) groups excluding carboxylic acids is 1. The minimum Gasteiger partial charge on any atom is -0.495 e. The maximum atomic E-state index is 13.6. The van der Waals surface area contributed by atoms with Crippen LogP contribution < -0.4 is 10.1 Å². The molecule has 2 aromatic carbocycles. The molecule has 1 amide bonds. The number of nitrogens with zero attached hydrogens (tertiary/aromatic N) is 1. The smallest absolute Gasteiger partial charge is 0.247 e. The van der Waals surface area contributed by atoms with Gasteiger partial charge in [-0.15, -0.1) is 0 Å². The number of anilines is 1. The fourth-order valence-corrected chi connectivity index (χ4v) is 4.01. The zero-order valence-electron chi connectivity index (χ0n) is 14.8. The molecule has 0 aromatic heterocycles. The first kappa shape index (κ1) is 19.9. The van der Waals surface area contributed by atoms with Gasteiger partial charge in [0.15, 0.2) is 0 Å².